The minimum Gasteiger partial charge on any atom is -0.297 e. The second kappa shape index (κ2) is 2.25. The van der Waals surface area contributed by atoms with Crippen LogP contribution in [-0.4, -0.2) is 23.5 Å². The van der Waals surface area contributed by atoms with Crippen LogP contribution < -0.4 is 0 Å². The van der Waals surface area contributed by atoms with Crippen molar-refractivity contribution in [3.63, 3.8) is 0 Å². The molecule has 1 aliphatic heterocycles. The first kappa shape index (κ1) is 8.55. The van der Waals surface area contributed by atoms with Crippen LogP contribution in [0.1, 0.15) is 40.5 Å². The van der Waals surface area contributed by atoms with Crippen molar-refractivity contribution >= 4 is 0 Å². The van der Waals surface area contributed by atoms with Crippen molar-refractivity contribution in [1.82, 2.24) is 4.90 Å². The van der Waals surface area contributed by atoms with Gasteiger partial charge in [-0.2, -0.15) is 0 Å². The molecule has 0 radical (unpaired) electrons. The van der Waals surface area contributed by atoms with Gasteiger partial charge < -0.3 is 0 Å². The highest BCUT2D eigenvalue weighted by atomic mass is 15.3. The Morgan fingerprint density at radius 3 is 2.00 bits per heavy atom. The maximum absolute atomic E-state index is 2.61. The minimum absolute atomic E-state index is 0.407. The van der Waals surface area contributed by atoms with Gasteiger partial charge in [-0.25, -0.2) is 0 Å². The van der Waals surface area contributed by atoms with E-state index in [-0.39, 0.29) is 0 Å². The number of likely N-dealkylation sites (tertiary alicyclic amines) is 1. The molecule has 0 atom stereocenters. The molecule has 0 aromatic heterocycles. The lowest BCUT2D eigenvalue weighted by molar-refractivity contribution is -0.126. The molecule has 1 heterocycles. The van der Waals surface area contributed by atoms with E-state index in [2.05, 4.69) is 32.6 Å². The van der Waals surface area contributed by atoms with Gasteiger partial charge in [-0.1, -0.05) is 6.92 Å². The van der Waals surface area contributed by atoms with E-state index in [0.29, 0.717) is 5.54 Å². The molecule has 0 bridgehead atoms. The Bertz CT molecular complexity index is 176. The van der Waals surface area contributed by atoms with Crippen LogP contribution in [0.25, 0.3) is 0 Å². The van der Waals surface area contributed by atoms with Gasteiger partial charge in [0, 0.05) is 18.6 Å². The highest BCUT2D eigenvalue weighted by Gasteiger charge is 2.52. The Labute approximate surface area is 76.1 Å². The normalized spacial score (nSPS) is 30.0. The molecule has 1 saturated carbocycles. The van der Waals surface area contributed by atoms with Gasteiger partial charge in [0.15, 0.2) is 0 Å². The van der Waals surface area contributed by atoms with E-state index < -0.39 is 0 Å². The molecule has 2 fully saturated rings. The van der Waals surface area contributed by atoms with E-state index in [1.165, 1.54) is 25.9 Å². The summed E-state index contributed by atoms with van der Waals surface area (Å²) >= 11 is 0. The molecule has 0 aromatic rings. The topological polar surface area (TPSA) is 3.24 Å². The molecule has 1 saturated heterocycles. The first-order valence-electron chi connectivity index (χ1n) is 5.16. The van der Waals surface area contributed by atoms with Crippen molar-refractivity contribution in [2.45, 2.75) is 46.1 Å². The molecule has 2 aliphatic rings. The van der Waals surface area contributed by atoms with E-state index in [1.54, 1.807) is 0 Å². The van der Waals surface area contributed by atoms with Crippen molar-refractivity contribution in [1.29, 1.82) is 0 Å². The molecule has 1 spiro atoms. The van der Waals surface area contributed by atoms with Crippen molar-refractivity contribution in [2.75, 3.05) is 13.1 Å². The van der Waals surface area contributed by atoms with Gasteiger partial charge in [-0.3, -0.25) is 4.90 Å². The molecular formula is C11H21N. The standard InChI is InChI=1S/C11H21N/c1-9-5-11(6-9)7-12(8-11)10(2,3)4/h9H,5-8H2,1-4H3. The van der Waals surface area contributed by atoms with Gasteiger partial charge in [0.2, 0.25) is 0 Å². The second-order valence-electron chi connectivity index (χ2n) is 6.04. The highest BCUT2D eigenvalue weighted by molar-refractivity contribution is 5.05. The molecular weight excluding hydrogens is 146 g/mol. The Kier molecular flexibility index (Phi) is 1.61. The van der Waals surface area contributed by atoms with Crippen molar-refractivity contribution in [3.8, 4) is 0 Å². The van der Waals surface area contributed by atoms with Crippen LogP contribution in [0.2, 0.25) is 0 Å². The Morgan fingerprint density at radius 1 is 1.17 bits per heavy atom. The van der Waals surface area contributed by atoms with Crippen LogP contribution >= 0.6 is 0 Å². The number of hydrogen-bond donors (Lipinski definition) is 0. The zero-order valence-corrected chi connectivity index (χ0v) is 8.85. The third-order valence-corrected chi connectivity index (χ3v) is 3.56. The summed E-state index contributed by atoms with van der Waals surface area (Å²) in [6, 6.07) is 0. The Morgan fingerprint density at radius 2 is 1.67 bits per heavy atom. The molecule has 2 rings (SSSR count). The van der Waals surface area contributed by atoms with Crippen molar-refractivity contribution < 1.29 is 0 Å². The van der Waals surface area contributed by atoms with Crippen molar-refractivity contribution in [3.05, 3.63) is 0 Å². The summed E-state index contributed by atoms with van der Waals surface area (Å²) in [5.74, 6) is 1.01. The average molecular weight is 167 g/mol. The van der Waals surface area contributed by atoms with E-state index in [1.807, 2.05) is 0 Å². The number of nitrogens with zero attached hydrogens (tertiary/aromatic N) is 1. The molecule has 0 unspecified atom stereocenters. The van der Waals surface area contributed by atoms with Crippen LogP contribution in [0.15, 0.2) is 0 Å². The molecule has 1 heteroatoms. The van der Waals surface area contributed by atoms with Gasteiger partial charge in [0.1, 0.15) is 0 Å². The van der Waals surface area contributed by atoms with Crippen LogP contribution in [0.4, 0.5) is 0 Å². The van der Waals surface area contributed by atoms with E-state index in [9.17, 15) is 0 Å². The summed E-state index contributed by atoms with van der Waals surface area (Å²) in [5.41, 5.74) is 1.18. The fourth-order valence-electron chi connectivity index (χ4n) is 2.91. The van der Waals surface area contributed by atoms with Crippen LogP contribution in [0.5, 0.6) is 0 Å². The maximum atomic E-state index is 2.61. The monoisotopic (exact) mass is 167 g/mol. The Hall–Kier alpha value is -0.0400. The molecule has 70 valence electrons. The van der Waals surface area contributed by atoms with Gasteiger partial charge in [0.05, 0.1) is 0 Å². The molecule has 12 heavy (non-hydrogen) atoms. The zero-order valence-electron chi connectivity index (χ0n) is 8.85. The fourth-order valence-corrected chi connectivity index (χ4v) is 2.91. The third kappa shape index (κ3) is 1.19. The largest absolute Gasteiger partial charge is 0.297 e. The Balaban J connectivity index is 1.85. The highest BCUT2D eigenvalue weighted by Crippen LogP contribution is 2.53. The SMILES string of the molecule is CC1CC2(C1)CN(C(C)(C)C)C2. The minimum atomic E-state index is 0.407. The summed E-state index contributed by atoms with van der Waals surface area (Å²) < 4.78 is 0. The predicted molar refractivity (Wildman–Crippen MR) is 52.2 cm³/mol. The quantitative estimate of drug-likeness (QED) is 0.536. The summed E-state index contributed by atoms with van der Waals surface area (Å²) in [6.07, 6.45) is 2.97. The second-order valence-corrected chi connectivity index (χ2v) is 6.04. The molecule has 0 N–H and O–H groups in total. The molecule has 0 aromatic carbocycles. The summed E-state index contributed by atoms with van der Waals surface area (Å²) in [4.78, 5) is 2.61. The van der Waals surface area contributed by atoms with Gasteiger partial charge in [-0.05, 0) is 44.9 Å². The number of rotatable bonds is 0. The third-order valence-electron chi connectivity index (χ3n) is 3.56. The van der Waals surface area contributed by atoms with Crippen LogP contribution in [-0.2, 0) is 0 Å². The average Bonchev–Trinajstić information content (AvgIpc) is 1.71. The van der Waals surface area contributed by atoms with E-state index in [4.69, 9.17) is 0 Å². The first-order valence-corrected chi connectivity index (χ1v) is 5.16. The lowest BCUT2D eigenvalue weighted by atomic mass is 9.57. The fraction of sp³-hybridized carbons (Fsp3) is 1.00. The molecule has 1 aliphatic carbocycles. The van der Waals surface area contributed by atoms with Crippen molar-refractivity contribution in [2.24, 2.45) is 11.3 Å². The first-order chi connectivity index (χ1) is 5.41. The van der Waals surface area contributed by atoms with Crippen LogP contribution in [0, 0.1) is 11.3 Å². The number of hydrogen-bond acceptors (Lipinski definition) is 1. The van der Waals surface area contributed by atoms with Crippen LogP contribution in [0.3, 0.4) is 0 Å². The van der Waals surface area contributed by atoms with E-state index >= 15 is 0 Å². The van der Waals surface area contributed by atoms with Gasteiger partial charge in [0.25, 0.3) is 0 Å². The van der Waals surface area contributed by atoms with E-state index in [0.717, 1.165) is 11.3 Å². The zero-order chi connectivity index (χ0) is 8.98. The smallest absolute Gasteiger partial charge is 0.0125 e. The summed E-state index contributed by atoms with van der Waals surface area (Å²) in [7, 11) is 0. The van der Waals surface area contributed by atoms with Gasteiger partial charge >= 0.3 is 0 Å². The summed E-state index contributed by atoms with van der Waals surface area (Å²) in [5, 5.41) is 0. The summed E-state index contributed by atoms with van der Waals surface area (Å²) in [6.45, 7) is 12.1. The van der Waals surface area contributed by atoms with Gasteiger partial charge in [-0.15, -0.1) is 0 Å². The lowest BCUT2D eigenvalue weighted by Crippen LogP contribution is -2.66. The predicted octanol–water partition coefficient (Wildman–Crippen LogP) is 2.52. The molecule has 1 nitrogen and oxygen atoms in total. The molecule has 0 amide bonds. The maximum Gasteiger partial charge on any atom is 0.0125 e. The lowest BCUT2D eigenvalue weighted by Gasteiger charge is -2.62.